The van der Waals surface area contributed by atoms with Crippen LogP contribution in [0.15, 0.2) is 30.3 Å². The average molecular weight is 215 g/mol. The van der Waals surface area contributed by atoms with Crippen LogP contribution in [0.5, 0.6) is 5.88 Å². The number of anilines is 1. The first-order valence-electron chi connectivity index (χ1n) is 4.94. The summed E-state index contributed by atoms with van der Waals surface area (Å²) < 4.78 is 5.06. The Kier molecular flexibility index (Phi) is 2.72. The van der Waals surface area contributed by atoms with Gasteiger partial charge in [0.25, 0.3) is 0 Å². The molecule has 0 saturated carbocycles. The standard InChI is InChI=1S/C12H13N3O/c1-8-4-3-5-9(6-8)12-14-10(13)7-11(15-12)16-2/h3-7H,1-2H3,(H2,13,14,15). The zero-order valence-electron chi connectivity index (χ0n) is 9.27. The second-order valence-electron chi connectivity index (χ2n) is 3.53. The summed E-state index contributed by atoms with van der Waals surface area (Å²) in [5.41, 5.74) is 7.77. The minimum atomic E-state index is 0.406. The Hall–Kier alpha value is -2.10. The first-order chi connectivity index (χ1) is 7.69. The van der Waals surface area contributed by atoms with Crippen molar-refractivity contribution in [2.75, 3.05) is 12.8 Å². The monoisotopic (exact) mass is 215 g/mol. The molecule has 0 aliphatic carbocycles. The maximum Gasteiger partial charge on any atom is 0.218 e. The molecule has 82 valence electrons. The molecule has 1 aromatic heterocycles. The highest BCUT2D eigenvalue weighted by molar-refractivity contribution is 5.58. The van der Waals surface area contributed by atoms with Crippen molar-refractivity contribution in [1.82, 2.24) is 9.97 Å². The minimum Gasteiger partial charge on any atom is -0.481 e. The van der Waals surface area contributed by atoms with E-state index in [9.17, 15) is 0 Å². The van der Waals surface area contributed by atoms with Crippen molar-refractivity contribution in [2.45, 2.75) is 6.92 Å². The Balaban J connectivity index is 2.51. The molecule has 4 nitrogen and oxygen atoms in total. The van der Waals surface area contributed by atoms with Crippen molar-refractivity contribution in [3.05, 3.63) is 35.9 Å². The molecule has 0 aliphatic heterocycles. The molecule has 0 fully saturated rings. The Labute approximate surface area is 94.1 Å². The molecule has 2 aromatic rings. The summed E-state index contributed by atoms with van der Waals surface area (Å²) in [6.45, 7) is 2.02. The number of aromatic nitrogens is 2. The molecular formula is C12H13N3O. The van der Waals surface area contributed by atoms with Crippen LogP contribution in [0.3, 0.4) is 0 Å². The molecule has 4 heteroatoms. The van der Waals surface area contributed by atoms with Crippen LogP contribution in [0.25, 0.3) is 11.4 Å². The number of aryl methyl sites for hydroxylation is 1. The Morgan fingerprint density at radius 3 is 2.69 bits per heavy atom. The lowest BCUT2D eigenvalue weighted by molar-refractivity contribution is 0.398. The number of benzene rings is 1. The first-order valence-corrected chi connectivity index (χ1v) is 4.94. The largest absolute Gasteiger partial charge is 0.481 e. The van der Waals surface area contributed by atoms with Gasteiger partial charge in [-0.05, 0) is 13.0 Å². The third-order valence-corrected chi connectivity index (χ3v) is 2.21. The highest BCUT2D eigenvalue weighted by atomic mass is 16.5. The average Bonchev–Trinajstić information content (AvgIpc) is 2.28. The van der Waals surface area contributed by atoms with Crippen molar-refractivity contribution in [3.8, 4) is 17.3 Å². The van der Waals surface area contributed by atoms with Gasteiger partial charge in [-0.2, -0.15) is 4.98 Å². The van der Waals surface area contributed by atoms with Gasteiger partial charge in [-0.1, -0.05) is 23.8 Å². The molecule has 0 unspecified atom stereocenters. The zero-order chi connectivity index (χ0) is 11.5. The molecule has 0 saturated heterocycles. The number of rotatable bonds is 2. The van der Waals surface area contributed by atoms with E-state index in [1.54, 1.807) is 13.2 Å². The fourth-order valence-electron chi connectivity index (χ4n) is 1.46. The second-order valence-corrected chi connectivity index (χ2v) is 3.53. The van der Waals surface area contributed by atoms with Crippen LogP contribution in [0.1, 0.15) is 5.56 Å². The molecular weight excluding hydrogens is 202 g/mol. The van der Waals surface area contributed by atoms with E-state index in [2.05, 4.69) is 9.97 Å². The molecule has 2 N–H and O–H groups in total. The highest BCUT2D eigenvalue weighted by Crippen LogP contribution is 2.20. The van der Waals surface area contributed by atoms with Crippen LogP contribution in [0.2, 0.25) is 0 Å². The van der Waals surface area contributed by atoms with Crippen molar-refractivity contribution < 1.29 is 4.74 Å². The fourth-order valence-corrected chi connectivity index (χ4v) is 1.46. The molecule has 0 amide bonds. The van der Waals surface area contributed by atoms with Gasteiger partial charge in [0, 0.05) is 11.6 Å². The van der Waals surface area contributed by atoms with E-state index in [1.165, 1.54) is 0 Å². The SMILES string of the molecule is COc1cc(N)nc(-c2cccc(C)c2)n1. The molecule has 1 heterocycles. The number of methoxy groups -OCH3 is 1. The Morgan fingerprint density at radius 1 is 1.19 bits per heavy atom. The van der Waals surface area contributed by atoms with E-state index in [0.717, 1.165) is 11.1 Å². The lowest BCUT2D eigenvalue weighted by Crippen LogP contribution is -1.98. The van der Waals surface area contributed by atoms with Gasteiger partial charge >= 0.3 is 0 Å². The lowest BCUT2D eigenvalue weighted by Gasteiger charge is -2.05. The third-order valence-electron chi connectivity index (χ3n) is 2.21. The summed E-state index contributed by atoms with van der Waals surface area (Å²) in [6, 6.07) is 9.53. The van der Waals surface area contributed by atoms with Crippen LogP contribution >= 0.6 is 0 Å². The summed E-state index contributed by atoms with van der Waals surface area (Å²) >= 11 is 0. The van der Waals surface area contributed by atoms with Gasteiger partial charge in [0.1, 0.15) is 5.82 Å². The van der Waals surface area contributed by atoms with Crippen molar-refractivity contribution >= 4 is 5.82 Å². The molecule has 16 heavy (non-hydrogen) atoms. The Bertz CT molecular complexity index is 511. The van der Waals surface area contributed by atoms with E-state index < -0.39 is 0 Å². The van der Waals surface area contributed by atoms with Crippen molar-refractivity contribution in [2.24, 2.45) is 0 Å². The van der Waals surface area contributed by atoms with Gasteiger partial charge < -0.3 is 10.5 Å². The van der Waals surface area contributed by atoms with Crippen LogP contribution in [-0.4, -0.2) is 17.1 Å². The topological polar surface area (TPSA) is 61.0 Å². The summed E-state index contributed by atoms with van der Waals surface area (Å²) in [7, 11) is 1.56. The normalized spacial score (nSPS) is 10.1. The minimum absolute atomic E-state index is 0.406. The summed E-state index contributed by atoms with van der Waals surface area (Å²) in [5, 5.41) is 0. The number of nitrogens with zero attached hydrogens (tertiary/aromatic N) is 2. The molecule has 1 aromatic carbocycles. The maximum absolute atomic E-state index is 5.68. The van der Waals surface area contributed by atoms with Gasteiger partial charge in [-0.3, -0.25) is 0 Å². The quantitative estimate of drug-likeness (QED) is 0.832. The summed E-state index contributed by atoms with van der Waals surface area (Å²) in [4.78, 5) is 8.43. The molecule has 0 aliphatic rings. The van der Waals surface area contributed by atoms with Gasteiger partial charge in [0.05, 0.1) is 7.11 Å². The van der Waals surface area contributed by atoms with Crippen LogP contribution in [0, 0.1) is 6.92 Å². The highest BCUT2D eigenvalue weighted by Gasteiger charge is 2.05. The van der Waals surface area contributed by atoms with E-state index in [4.69, 9.17) is 10.5 Å². The Morgan fingerprint density at radius 2 is 2.00 bits per heavy atom. The smallest absolute Gasteiger partial charge is 0.218 e. The van der Waals surface area contributed by atoms with E-state index in [0.29, 0.717) is 17.5 Å². The van der Waals surface area contributed by atoms with Crippen LogP contribution in [-0.2, 0) is 0 Å². The number of hydrogen-bond donors (Lipinski definition) is 1. The molecule has 0 atom stereocenters. The van der Waals surface area contributed by atoms with E-state index >= 15 is 0 Å². The molecule has 2 rings (SSSR count). The maximum atomic E-state index is 5.68. The summed E-state index contributed by atoms with van der Waals surface area (Å²) in [6.07, 6.45) is 0. The zero-order valence-corrected chi connectivity index (χ0v) is 9.27. The van der Waals surface area contributed by atoms with Gasteiger partial charge in [-0.25, -0.2) is 4.98 Å². The fraction of sp³-hybridized carbons (Fsp3) is 0.167. The van der Waals surface area contributed by atoms with E-state index in [-0.39, 0.29) is 0 Å². The van der Waals surface area contributed by atoms with Crippen LogP contribution in [0.4, 0.5) is 5.82 Å². The third kappa shape index (κ3) is 2.11. The predicted molar refractivity (Wildman–Crippen MR) is 63.2 cm³/mol. The van der Waals surface area contributed by atoms with Crippen LogP contribution < -0.4 is 10.5 Å². The molecule has 0 bridgehead atoms. The number of nitrogen functional groups attached to an aromatic ring is 1. The van der Waals surface area contributed by atoms with Gasteiger partial charge in [0.2, 0.25) is 5.88 Å². The van der Waals surface area contributed by atoms with Gasteiger partial charge in [0.15, 0.2) is 5.82 Å². The summed E-state index contributed by atoms with van der Waals surface area (Å²) in [5.74, 6) is 1.47. The van der Waals surface area contributed by atoms with E-state index in [1.807, 2.05) is 31.2 Å². The number of hydrogen-bond acceptors (Lipinski definition) is 4. The number of nitrogens with two attached hydrogens (primary N) is 1. The van der Waals surface area contributed by atoms with Crippen molar-refractivity contribution in [1.29, 1.82) is 0 Å². The molecule has 0 radical (unpaired) electrons. The lowest BCUT2D eigenvalue weighted by atomic mass is 10.1. The second kappa shape index (κ2) is 4.18. The van der Waals surface area contributed by atoms with Crippen molar-refractivity contribution in [3.63, 3.8) is 0 Å². The first kappa shape index (κ1) is 10.4. The predicted octanol–water partition coefficient (Wildman–Crippen LogP) is 2.04. The molecule has 0 spiro atoms. The number of ether oxygens (including phenoxy) is 1. The van der Waals surface area contributed by atoms with Gasteiger partial charge in [-0.15, -0.1) is 0 Å².